The molecule has 7 heteroatoms. The zero-order valence-corrected chi connectivity index (χ0v) is 12.8. The van der Waals surface area contributed by atoms with Crippen molar-refractivity contribution in [2.24, 2.45) is 0 Å². The minimum atomic E-state index is -0.906. The average Bonchev–Trinajstić information content (AvgIpc) is 2.76. The van der Waals surface area contributed by atoms with Crippen LogP contribution in [-0.2, 0) is 9.59 Å². The molecule has 1 heterocycles. The average molecular weight is 318 g/mol. The fourth-order valence-electron chi connectivity index (χ4n) is 2.43. The van der Waals surface area contributed by atoms with Crippen LogP contribution in [0.2, 0.25) is 0 Å². The van der Waals surface area contributed by atoms with Crippen LogP contribution in [0.4, 0.5) is 0 Å². The number of carbonyl (C=O) groups excluding carboxylic acids is 3. The summed E-state index contributed by atoms with van der Waals surface area (Å²) in [5, 5.41) is 8.57. The van der Waals surface area contributed by atoms with Gasteiger partial charge in [-0.2, -0.15) is 0 Å². The number of imide groups is 1. The molecule has 2 rings (SSSR count). The molecular weight excluding hydrogens is 300 g/mol. The van der Waals surface area contributed by atoms with E-state index >= 15 is 0 Å². The zero-order chi connectivity index (χ0) is 17.0. The maximum absolute atomic E-state index is 12.2. The minimum absolute atomic E-state index is 0.00394. The molecular formula is C16H18N2O5. The Labute approximate surface area is 133 Å². The third-order valence-corrected chi connectivity index (χ3v) is 3.74. The molecule has 1 N–H and O–H groups in total. The van der Waals surface area contributed by atoms with E-state index in [9.17, 15) is 19.2 Å². The van der Waals surface area contributed by atoms with Gasteiger partial charge < -0.3 is 10.0 Å². The predicted octanol–water partition coefficient (Wildman–Crippen LogP) is 0.996. The van der Waals surface area contributed by atoms with Crippen LogP contribution >= 0.6 is 0 Å². The number of hydrogen-bond acceptors (Lipinski definition) is 4. The van der Waals surface area contributed by atoms with Crippen LogP contribution in [0.3, 0.4) is 0 Å². The molecule has 1 aliphatic rings. The normalized spacial score (nSPS) is 13.2. The third-order valence-electron chi connectivity index (χ3n) is 3.74. The summed E-state index contributed by atoms with van der Waals surface area (Å²) >= 11 is 0. The van der Waals surface area contributed by atoms with Crippen LogP contribution in [0.1, 0.15) is 40.0 Å². The van der Waals surface area contributed by atoms with Crippen molar-refractivity contribution < 1.29 is 24.3 Å². The summed E-state index contributed by atoms with van der Waals surface area (Å²) in [7, 11) is 1.58. The van der Waals surface area contributed by atoms with Crippen LogP contribution in [0.5, 0.6) is 0 Å². The van der Waals surface area contributed by atoms with Gasteiger partial charge in [0.15, 0.2) is 0 Å². The summed E-state index contributed by atoms with van der Waals surface area (Å²) in [4.78, 5) is 49.2. The van der Waals surface area contributed by atoms with E-state index in [1.807, 2.05) is 0 Å². The van der Waals surface area contributed by atoms with Gasteiger partial charge >= 0.3 is 5.97 Å². The lowest BCUT2D eigenvalue weighted by Crippen LogP contribution is -2.35. The predicted molar refractivity (Wildman–Crippen MR) is 80.9 cm³/mol. The summed E-state index contributed by atoms with van der Waals surface area (Å²) in [6.45, 7) is 0.349. The summed E-state index contributed by atoms with van der Waals surface area (Å²) in [6.07, 6.45) is 0.385. The Bertz CT molecular complexity index is 621. The van der Waals surface area contributed by atoms with Crippen molar-refractivity contribution in [2.45, 2.75) is 19.3 Å². The smallest absolute Gasteiger partial charge is 0.303 e. The van der Waals surface area contributed by atoms with E-state index in [1.165, 1.54) is 4.90 Å². The van der Waals surface area contributed by atoms with Gasteiger partial charge in [-0.3, -0.25) is 24.1 Å². The van der Waals surface area contributed by atoms with E-state index in [0.29, 0.717) is 24.1 Å². The second kappa shape index (κ2) is 7.04. The first kappa shape index (κ1) is 16.7. The van der Waals surface area contributed by atoms with Gasteiger partial charge in [0.1, 0.15) is 0 Å². The molecule has 0 bridgehead atoms. The summed E-state index contributed by atoms with van der Waals surface area (Å²) in [5.74, 6) is -1.90. The van der Waals surface area contributed by atoms with Gasteiger partial charge in [-0.25, -0.2) is 0 Å². The van der Waals surface area contributed by atoms with Crippen LogP contribution in [0.15, 0.2) is 24.3 Å². The molecule has 0 fully saturated rings. The van der Waals surface area contributed by atoms with Crippen molar-refractivity contribution in [1.29, 1.82) is 0 Å². The van der Waals surface area contributed by atoms with Crippen molar-refractivity contribution in [1.82, 2.24) is 9.80 Å². The summed E-state index contributed by atoms with van der Waals surface area (Å²) in [5.41, 5.74) is 0.722. The second-order valence-corrected chi connectivity index (χ2v) is 5.37. The molecule has 1 aromatic carbocycles. The van der Waals surface area contributed by atoms with Crippen molar-refractivity contribution in [3.63, 3.8) is 0 Å². The van der Waals surface area contributed by atoms with Crippen LogP contribution in [-0.4, -0.2) is 58.7 Å². The maximum Gasteiger partial charge on any atom is 0.303 e. The Balaban J connectivity index is 1.87. The van der Waals surface area contributed by atoms with Crippen LogP contribution in [0.25, 0.3) is 0 Å². The lowest BCUT2D eigenvalue weighted by Gasteiger charge is -2.19. The molecule has 0 aliphatic carbocycles. The number of aliphatic carboxylic acids is 1. The molecule has 0 aromatic heterocycles. The van der Waals surface area contributed by atoms with Crippen LogP contribution < -0.4 is 0 Å². The molecule has 0 spiro atoms. The number of carboxylic acids is 1. The van der Waals surface area contributed by atoms with Crippen molar-refractivity contribution in [2.75, 3.05) is 20.1 Å². The molecule has 7 nitrogen and oxygen atoms in total. The maximum atomic E-state index is 12.2. The number of carbonyl (C=O) groups is 4. The fourth-order valence-corrected chi connectivity index (χ4v) is 2.43. The van der Waals surface area contributed by atoms with Gasteiger partial charge in [0.05, 0.1) is 11.1 Å². The number of hydrogen-bond donors (Lipinski definition) is 1. The first-order valence-electron chi connectivity index (χ1n) is 7.33. The van der Waals surface area contributed by atoms with Gasteiger partial charge in [0, 0.05) is 33.0 Å². The second-order valence-electron chi connectivity index (χ2n) is 5.37. The van der Waals surface area contributed by atoms with Crippen molar-refractivity contribution in [3.05, 3.63) is 35.4 Å². The summed E-state index contributed by atoms with van der Waals surface area (Å²) in [6, 6.07) is 6.56. The first-order valence-corrected chi connectivity index (χ1v) is 7.33. The van der Waals surface area contributed by atoms with E-state index in [2.05, 4.69) is 0 Å². The lowest BCUT2D eigenvalue weighted by atomic mass is 10.1. The third kappa shape index (κ3) is 3.74. The number of amides is 3. The Morgan fingerprint density at radius 1 is 1.09 bits per heavy atom. The van der Waals surface area contributed by atoms with E-state index in [1.54, 1.807) is 31.3 Å². The highest BCUT2D eigenvalue weighted by Gasteiger charge is 2.35. The molecule has 122 valence electrons. The van der Waals surface area contributed by atoms with E-state index in [-0.39, 0.29) is 37.1 Å². The molecule has 23 heavy (non-hydrogen) atoms. The number of nitrogens with zero attached hydrogens (tertiary/aromatic N) is 2. The highest BCUT2D eigenvalue weighted by Crippen LogP contribution is 2.22. The van der Waals surface area contributed by atoms with Crippen molar-refractivity contribution >= 4 is 23.7 Å². The van der Waals surface area contributed by atoms with E-state index < -0.39 is 5.97 Å². The molecule has 3 amide bonds. The van der Waals surface area contributed by atoms with E-state index in [4.69, 9.17) is 5.11 Å². The minimum Gasteiger partial charge on any atom is -0.481 e. The van der Waals surface area contributed by atoms with E-state index in [0.717, 1.165) is 4.90 Å². The van der Waals surface area contributed by atoms with Gasteiger partial charge in [-0.15, -0.1) is 0 Å². The standard InChI is InChI=1S/C16H18N2O5/c1-17(9-4-7-14(20)21)13(19)8-10-18-15(22)11-5-2-3-6-12(11)16(18)23/h2-3,5-6H,4,7-10H2,1H3,(H,20,21). The van der Waals surface area contributed by atoms with Gasteiger partial charge in [-0.05, 0) is 18.6 Å². The van der Waals surface area contributed by atoms with Crippen molar-refractivity contribution in [3.8, 4) is 0 Å². The van der Waals surface area contributed by atoms with Crippen LogP contribution in [0, 0.1) is 0 Å². The fraction of sp³-hybridized carbons (Fsp3) is 0.375. The Kier molecular flexibility index (Phi) is 5.10. The number of fused-ring (bicyclic) bond motifs is 1. The topological polar surface area (TPSA) is 95.0 Å². The van der Waals surface area contributed by atoms with Gasteiger partial charge in [0.25, 0.3) is 11.8 Å². The summed E-state index contributed by atoms with van der Waals surface area (Å²) < 4.78 is 0. The Hall–Kier alpha value is -2.70. The SMILES string of the molecule is CN(CCCC(=O)O)C(=O)CCN1C(=O)c2ccccc2C1=O. The highest BCUT2D eigenvalue weighted by atomic mass is 16.4. The zero-order valence-electron chi connectivity index (χ0n) is 12.8. The monoisotopic (exact) mass is 318 g/mol. The van der Waals surface area contributed by atoms with Gasteiger partial charge in [0.2, 0.25) is 5.91 Å². The largest absolute Gasteiger partial charge is 0.481 e. The molecule has 0 atom stereocenters. The number of rotatable bonds is 7. The molecule has 0 saturated carbocycles. The number of carboxylic acid groups (broad SMARTS) is 1. The molecule has 0 unspecified atom stereocenters. The molecule has 0 saturated heterocycles. The highest BCUT2D eigenvalue weighted by molar-refractivity contribution is 6.21. The Morgan fingerprint density at radius 3 is 2.17 bits per heavy atom. The molecule has 0 radical (unpaired) electrons. The molecule has 1 aliphatic heterocycles. The first-order chi connectivity index (χ1) is 10.9. The quantitative estimate of drug-likeness (QED) is 0.757. The Morgan fingerprint density at radius 2 is 1.65 bits per heavy atom. The number of benzene rings is 1. The van der Waals surface area contributed by atoms with Gasteiger partial charge in [-0.1, -0.05) is 12.1 Å². The lowest BCUT2D eigenvalue weighted by molar-refractivity contribution is -0.138. The molecule has 1 aromatic rings.